The molecule has 2 bridgehead atoms. The number of hydrogen-bond donors (Lipinski definition) is 0. The second kappa shape index (κ2) is 4.46. The summed E-state index contributed by atoms with van der Waals surface area (Å²) in [5.74, 6) is 2.93. The highest BCUT2D eigenvalue weighted by Crippen LogP contribution is 2.57. The van der Waals surface area contributed by atoms with Gasteiger partial charge in [-0.3, -0.25) is 0 Å². The zero-order valence-corrected chi connectivity index (χ0v) is 12.4. The molecule has 0 aromatic heterocycles. The van der Waals surface area contributed by atoms with Crippen molar-refractivity contribution < 1.29 is 9.47 Å². The molecule has 4 aliphatic rings. The monoisotopic (exact) mass is 264 g/mol. The average molecular weight is 264 g/mol. The van der Waals surface area contributed by atoms with Gasteiger partial charge in [-0.1, -0.05) is 20.3 Å². The van der Waals surface area contributed by atoms with E-state index in [1.165, 1.54) is 51.4 Å². The molecule has 4 rings (SSSR count). The summed E-state index contributed by atoms with van der Waals surface area (Å²) in [6, 6.07) is 0. The highest BCUT2D eigenvalue weighted by atomic mass is 16.8. The van der Waals surface area contributed by atoms with E-state index in [9.17, 15) is 0 Å². The fraction of sp³-hybridized carbons (Fsp3) is 1.00. The lowest BCUT2D eigenvalue weighted by Crippen LogP contribution is -2.53. The third-order valence-corrected chi connectivity index (χ3v) is 6.49. The van der Waals surface area contributed by atoms with Crippen molar-refractivity contribution in [2.24, 2.45) is 23.7 Å². The van der Waals surface area contributed by atoms with Gasteiger partial charge in [-0.2, -0.15) is 0 Å². The van der Waals surface area contributed by atoms with Crippen LogP contribution in [0, 0.1) is 23.7 Å². The molecular formula is C17H28O2. The first-order chi connectivity index (χ1) is 9.21. The first-order valence-corrected chi connectivity index (χ1v) is 8.57. The van der Waals surface area contributed by atoms with Gasteiger partial charge in [-0.15, -0.1) is 0 Å². The SMILES string of the molecule is CCC1CC2CC(C)C3(OC4CCCC4O3)C(C1)C2. The Morgan fingerprint density at radius 1 is 1.00 bits per heavy atom. The second-order valence-corrected chi connectivity index (χ2v) is 7.65. The summed E-state index contributed by atoms with van der Waals surface area (Å²) < 4.78 is 13.2. The number of fused-ring (bicyclic) bond motifs is 4. The summed E-state index contributed by atoms with van der Waals surface area (Å²) in [7, 11) is 0. The molecule has 0 radical (unpaired) electrons. The van der Waals surface area contributed by atoms with E-state index in [0.29, 0.717) is 24.0 Å². The van der Waals surface area contributed by atoms with Crippen LogP contribution in [0.3, 0.4) is 0 Å². The van der Waals surface area contributed by atoms with Crippen LogP contribution in [0.1, 0.15) is 65.2 Å². The Morgan fingerprint density at radius 2 is 1.74 bits per heavy atom. The number of rotatable bonds is 1. The maximum Gasteiger partial charge on any atom is 0.174 e. The van der Waals surface area contributed by atoms with Crippen LogP contribution < -0.4 is 0 Å². The summed E-state index contributed by atoms with van der Waals surface area (Å²) in [5, 5.41) is 0. The fourth-order valence-electron chi connectivity index (χ4n) is 5.57. The normalized spacial score (nSPS) is 56.5. The molecule has 3 saturated carbocycles. The molecule has 4 fully saturated rings. The molecule has 1 heterocycles. The van der Waals surface area contributed by atoms with Crippen molar-refractivity contribution in [1.82, 2.24) is 0 Å². The molecule has 0 N–H and O–H groups in total. The van der Waals surface area contributed by atoms with Gasteiger partial charge in [-0.25, -0.2) is 0 Å². The maximum atomic E-state index is 6.58. The molecular weight excluding hydrogens is 236 g/mol. The molecule has 0 amide bonds. The van der Waals surface area contributed by atoms with E-state index in [-0.39, 0.29) is 5.79 Å². The molecule has 6 unspecified atom stereocenters. The van der Waals surface area contributed by atoms with Gasteiger partial charge in [0.2, 0.25) is 0 Å². The molecule has 108 valence electrons. The molecule has 1 spiro atoms. The minimum atomic E-state index is -0.194. The highest BCUT2D eigenvalue weighted by Gasteiger charge is 2.60. The van der Waals surface area contributed by atoms with E-state index in [1.54, 1.807) is 0 Å². The summed E-state index contributed by atoms with van der Waals surface area (Å²) in [5.41, 5.74) is 0. The summed E-state index contributed by atoms with van der Waals surface area (Å²) in [6.07, 6.45) is 11.4. The average Bonchev–Trinajstić information content (AvgIpc) is 2.95. The molecule has 0 aromatic carbocycles. The first-order valence-electron chi connectivity index (χ1n) is 8.57. The van der Waals surface area contributed by atoms with Gasteiger partial charge in [0, 0.05) is 11.8 Å². The zero-order valence-electron chi connectivity index (χ0n) is 12.4. The molecule has 2 nitrogen and oxygen atoms in total. The van der Waals surface area contributed by atoms with Gasteiger partial charge in [0.1, 0.15) is 0 Å². The largest absolute Gasteiger partial charge is 0.343 e. The van der Waals surface area contributed by atoms with Crippen molar-refractivity contribution in [1.29, 1.82) is 0 Å². The quantitative estimate of drug-likeness (QED) is 0.709. The van der Waals surface area contributed by atoms with Crippen LogP contribution in [0.15, 0.2) is 0 Å². The fourth-order valence-corrected chi connectivity index (χ4v) is 5.57. The van der Waals surface area contributed by atoms with Crippen molar-refractivity contribution in [2.75, 3.05) is 0 Å². The van der Waals surface area contributed by atoms with E-state index in [2.05, 4.69) is 13.8 Å². The summed E-state index contributed by atoms with van der Waals surface area (Å²) in [6.45, 7) is 4.74. The van der Waals surface area contributed by atoms with Crippen molar-refractivity contribution in [3.05, 3.63) is 0 Å². The van der Waals surface area contributed by atoms with Crippen molar-refractivity contribution in [3.63, 3.8) is 0 Å². The van der Waals surface area contributed by atoms with Crippen LogP contribution in [0.25, 0.3) is 0 Å². The molecule has 19 heavy (non-hydrogen) atoms. The van der Waals surface area contributed by atoms with E-state index >= 15 is 0 Å². The predicted molar refractivity (Wildman–Crippen MR) is 74.7 cm³/mol. The van der Waals surface area contributed by atoms with Crippen LogP contribution in [0.4, 0.5) is 0 Å². The van der Waals surface area contributed by atoms with Gasteiger partial charge >= 0.3 is 0 Å². The third kappa shape index (κ3) is 1.82. The molecule has 3 aliphatic carbocycles. The lowest BCUT2D eigenvalue weighted by atomic mass is 9.61. The van der Waals surface area contributed by atoms with Gasteiger partial charge < -0.3 is 9.47 Å². The summed E-state index contributed by atoms with van der Waals surface area (Å²) >= 11 is 0. The Labute approximate surface area is 117 Å². The van der Waals surface area contributed by atoms with Crippen LogP contribution >= 0.6 is 0 Å². The van der Waals surface area contributed by atoms with Crippen molar-refractivity contribution in [3.8, 4) is 0 Å². The van der Waals surface area contributed by atoms with E-state index in [4.69, 9.17) is 9.47 Å². The van der Waals surface area contributed by atoms with Crippen LogP contribution in [0.2, 0.25) is 0 Å². The van der Waals surface area contributed by atoms with Gasteiger partial charge in [0.05, 0.1) is 12.2 Å². The number of ether oxygens (including phenoxy) is 2. The Morgan fingerprint density at radius 3 is 2.42 bits per heavy atom. The molecule has 0 aromatic rings. The van der Waals surface area contributed by atoms with Crippen molar-refractivity contribution >= 4 is 0 Å². The zero-order chi connectivity index (χ0) is 13.0. The Hall–Kier alpha value is -0.0800. The van der Waals surface area contributed by atoms with Crippen LogP contribution in [-0.2, 0) is 9.47 Å². The van der Waals surface area contributed by atoms with Gasteiger partial charge in [0.25, 0.3) is 0 Å². The van der Waals surface area contributed by atoms with E-state index in [0.717, 1.165) is 11.8 Å². The molecule has 1 aliphatic heterocycles. The number of hydrogen-bond acceptors (Lipinski definition) is 2. The second-order valence-electron chi connectivity index (χ2n) is 7.65. The molecule has 6 atom stereocenters. The highest BCUT2D eigenvalue weighted by molar-refractivity contribution is 5.02. The predicted octanol–water partition coefficient (Wildman–Crippen LogP) is 4.13. The standard InChI is InChI=1S/C17H28O2/c1-3-12-8-13-7-11(2)17(14(9-12)10-13)18-15-5-4-6-16(15)19-17/h11-16H,3-10H2,1-2H3. The van der Waals surface area contributed by atoms with E-state index in [1.807, 2.05) is 0 Å². The first kappa shape index (κ1) is 12.6. The molecule has 1 saturated heterocycles. The lowest BCUT2D eigenvalue weighted by molar-refractivity contribution is -0.275. The Balaban J connectivity index is 1.60. The summed E-state index contributed by atoms with van der Waals surface area (Å²) in [4.78, 5) is 0. The lowest BCUT2D eigenvalue weighted by Gasteiger charge is -2.52. The third-order valence-electron chi connectivity index (χ3n) is 6.49. The van der Waals surface area contributed by atoms with Crippen LogP contribution in [0.5, 0.6) is 0 Å². The smallest absolute Gasteiger partial charge is 0.174 e. The van der Waals surface area contributed by atoms with Crippen molar-refractivity contribution in [2.45, 2.75) is 83.2 Å². The Bertz CT molecular complexity index is 339. The van der Waals surface area contributed by atoms with Crippen LogP contribution in [-0.4, -0.2) is 18.0 Å². The topological polar surface area (TPSA) is 18.5 Å². The van der Waals surface area contributed by atoms with Gasteiger partial charge in [0.15, 0.2) is 5.79 Å². The maximum absolute atomic E-state index is 6.58. The molecule has 2 heteroatoms. The minimum absolute atomic E-state index is 0.194. The minimum Gasteiger partial charge on any atom is -0.343 e. The van der Waals surface area contributed by atoms with E-state index < -0.39 is 0 Å². The van der Waals surface area contributed by atoms with Gasteiger partial charge in [-0.05, 0) is 56.8 Å². The Kier molecular flexibility index (Phi) is 2.97.